The Hall–Kier alpha value is -1.42. The van der Waals surface area contributed by atoms with Crippen molar-refractivity contribution in [1.82, 2.24) is 14.5 Å². The molecule has 3 rings (SSSR count). The van der Waals surface area contributed by atoms with E-state index in [4.69, 9.17) is 10.7 Å². The maximum absolute atomic E-state index is 6.29. The van der Waals surface area contributed by atoms with Crippen LogP contribution in [-0.2, 0) is 6.54 Å². The average Bonchev–Trinajstić information content (AvgIpc) is 2.77. The minimum Gasteiger partial charge on any atom is -0.328 e. The van der Waals surface area contributed by atoms with Gasteiger partial charge in [-0.2, -0.15) is 0 Å². The third-order valence-electron chi connectivity index (χ3n) is 4.05. The van der Waals surface area contributed by atoms with Gasteiger partial charge in [-0.25, -0.2) is 4.98 Å². The zero-order chi connectivity index (χ0) is 12.5. The molecule has 0 radical (unpaired) electrons. The Labute approximate surface area is 107 Å². The summed E-state index contributed by atoms with van der Waals surface area (Å²) in [6.07, 6.45) is 8.49. The maximum atomic E-state index is 6.29. The van der Waals surface area contributed by atoms with E-state index >= 15 is 0 Å². The lowest BCUT2D eigenvalue weighted by atomic mass is 9.84. The van der Waals surface area contributed by atoms with Crippen LogP contribution in [0.4, 0.5) is 0 Å². The zero-order valence-corrected chi connectivity index (χ0v) is 10.8. The van der Waals surface area contributed by atoms with Crippen molar-refractivity contribution in [1.29, 1.82) is 0 Å². The molecule has 2 aromatic heterocycles. The summed E-state index contributed by atoms with van der Waals surface area (Å²) in [6, 6.07) is 2.30. The number of fused-ring (bicyclic) bond motifs is 1. The summed E-state index contributed by atoms with van der Waals surface area (Å²) < 4.78 is 2.30. The molecule has 4 heteroatoms. The van der Waals surface area contributed by atoms with E-state index < -0.39 is 0 Å². The van der Waals surface area contributed by atoms with Crippen molar-refractivity contribution in [2.24, 2.45) is 5.73 Å². The Bertz CT molecular complexity index is 546. The summed E-state index contributed by atoms with van der Waals surface area (Å²) >= 11 is 0. The van der Waals surface area contributed by atoms with E-state index in [1.165, 1.54) is 18.4 Å². The normalized spacial score (nSPS) is 24.6. The third-order valence-corrected chi connectivity index (χ3v) is 4.05. The molecule has 0 amide bonds. The SMILES string of the molecule is CCn1c(C2CCCCC2N)nc2cnccc21. The first-order valence-electron chi connectivity index (χ1n) is 6.87. The Kier molecular flexibility index (Phi) is 3.04. The maximum Gasteiger partial charge on any atom is 0.114 e. The van der Waals surface area contributed by atoms with Gasteiger partial charge in [0.2, 0.25) is 0 Å². The standard InChI is InChI=1S/C14H20N4/c1-2-18-13-7-8-16-9-12(13)17-14(18)10-5-3-4-6-11(10)15/h7-11H,2-6,15H2,1H3. The first-order valence-corrected chi connectivity index (χ1v) is 6.87. The van der Waals surface area contributed by atoms with Crippen LogP contribution in [0.15, 0.2) is 18.5 Å². The molecule has 0 saturated heterocycles. The second-order valence-electron chi connectivity index (χ2n) is 5.13. The van der Waals surface area contributed by atoms with E-state index in [2.05, 4.69) is 16.5 Å². The van der Waals surface area contributed by atoms with Crippen LogP contribution in [0.1, 0.15) is 44.3 Å². The topological polar surface area (TPSA) is 56.7 Å². The average molecular weight is 244 g/mol. The molecule has 0 aromatic carbocycles. The van der Waals surface area contributed by atoms with Crippen molar-refractivity contribution >= 4 is 11.0 Å². The van der Waals surface area contributed by atoms with Gasteiger partial charge in [0.1, 0.15) is 11.3 Å². The van der Waals surface area contributed by atoms with E-state index in [9.17, 15) is 0 Å². The molecule has 2 heterocycles. The lowest BCUT2D eigenvalue weighted by Crippen LogP contribution is -2.33. The number of rotatable bonds is 2. The molecule has 18 heavy (non-hydrogen) atoms. The summed E-state index contributed by atoms with van der Waals surface area (Å²) in [4.78, 5) is 8.94. The quantitative estimate of drug-likeness (QED) is 0.882. The predicted octanol–water partition coefficient (Wildman–Crippen LogP) is 2.44. The lowest BCUT2D eigenvalue weighted by Gasteiger charge is -2.28. The molecule has 2 N–H and O–H groups in total. The largest absolute Gasteiger partial charge is 0.328 e. The first-order chi connectivity index (χ1) is 8.81. The summed E-state index contributed by atoms with van der Waals surface area (Å²) in [5.74, 6) is 1.57. The van der Waals surface area contributed by atoms with Crippen LogP contribution < -0.4 is 5.73 Å². The third kappa shape index (κ3) is 1.81. The molecule has 2 unspecified atom stereocenters. The van der Waals surface area contributed by atoms with Gasteiger partial charge in [-0.15, -0.1) is 0 Å². The summed E-state index contributed by atoms with van der Waals surface area (Å²) in [7, 11) is 0. The number of hydrogen-bond acceptors (Lipinski definition) is 3. The van der Waals surface area contributed by atoms with E-state index in [-0.39, 0.29) is 6.04 Å². The molecule has 96 valence electrons. The van der Waals surface area contributed by atoms with Crippen molar-refractivity contribution < 1.29 is 0 Å². The van der Waals surface area contributed by atoms with Crippen LogP contribution in [-0.4, -0.2) is 20.6 Å². The first kappa shape index (κ1) is 11.7. The van der Waals surface area contributed by atoms with E-state index in [0.29, 0.717) is 5.92 Å². The van der Waals surface area contributed by atoms with Gasteiger partial charge in [-0.05, 0) is 25.8 Å². The number of nitrogens with two attached hydrogens (primary N) is 1. The molecule has 1 fully saturated rings. The van der Waals surface area contributed by atoms with Crippen LogP contribution in [0.25, 0.3) is 11.0 Å². The molecule has 4 nitrogen and oxygen atoms in total. The van der Waals surface area contributed by atoms with Crippen molar-refractivity contribution in [3.8, 4) is 0 Å². The Morgan fingerprint density at radius 2 is 2.22 bits per heavy atom. The molecule has 0 bridgehead atoms. The van der Waals surface area contributed by atoms with Crippen LogP contribution in [0, 0.1) is 0 Å². The van der Waals surface area contributed by atoms with Crippen LogP contribution in [0.5, 0.6) is 0 Å². The molecular weight excluding hydrogens is 224 g/mol. The lowest BCUT2D eigenvalue weighted by molar-refractivity contribution is 0.366. The molecule has 1 aliphatic rings. The van der Waals surface area contributed by atoms with Crippen molar-refractivity contribution in [2.45, 2.75) is 51.1 Å². The number of pyridine rings is 1. The number of nitrogens with zero attached hydrogens (tertiary/aromatic N) is 3. The minimum absolute atomic E-state index is 0.258. The second kappa shape index (κ2) is 4.69. The molecular formula is C14H20N4. The summed E-state index contributed by atoms with van der Waals surface area (Å²) in [5.41, 5.74) is 8.46. The van der Waals surface area contributed by atoms with Crippen molar-refractivity contribution in [2.75, 3.05) is 0 Å². The van der Waals surface area contributed by atoms with Gasteiger partial charge in [0.25, 0.3) is 0 Å². The molecule has 0 spiro atoms. The summed E-state index contributed by atoms with van der Waals surface area (Å²) in [5, 5.41) is 0. The predicted molar refractivity (Wildman–Crippen MR) is 72.4 cm³/mol. The van der Waals surface area contributed by atoms with Crippen LogP contribution >= 0.6 is 0 Å². The van der Waals surface area contributed by atoms with Gasteiger partial charge >= 0.3 is 0 Å². The van der Waals surface area contributed by atoms with Gasteiger partial charge in [-0.3, -0.25) is 4.98 Å². The highest BCUT2D eigenvalue weighted by Gasteiger charge is 2.27. The Balaban J connectivity index is 2.10. The van der Waals surface area contributed by atoms with Gasteiger partial charge in [-0.1, -0.05) is 12.8 Å². The number of aromatic nitrogens is 3. The molecule has 0 aliphatic heterocycles. The fraction of sp³-hybridized carbons (Fsp3) is 0.571. The van der Waals surface area contributed by atoms with E-state index in [1.807, 2.05) is 18.5 Å². The molecule has 2 atom stereocenters. The summed E-state index contributed by atoms with van der Waals surface area (Å²) in [6.45, 7) is 3.11. The minimum atomic E-state index is 0.258. The fourth-order valence-corrected chi connectivity index (χ4v) is 3.10. The van der Waals surface area contributed by atoms with Gasteiger partial charge in [0.05, 0.1) is 11.7 Å². The highest BCUT2D eigenvalue weighted by Crippen LogP contribution is 2.33. The molecule has 1 aliphatic carbocycles. The van der Waals surface area contributed by atoms with Crippen molar-refractivity contribution in [3.05, 3.63) is 24.3 Å². The monoisotopic (exact) mass is 244 g/mol. The smallest absolute Gasteiger partial charge is 0.114 e. The highest BCUT2D eigenvalue weighted by molar-refractivity contribution is 5.74. The fourth-order valence-electron chi connectivity index (χ4n) is 3.10. The highest BCUT2D eigenvalue weighted by atomic mass is 15.1. The van der Waals surface area contributed by atoms with Crippen molar-refractivity contribution in [3.63, 3.8) is 0 Å². The Morgan fingerprint density at radius 1 is 1.39 bits per heavy atom. The second-order valence-corrected chi connectivity index (χ2v) is 5.13. The zero-order valence-electron chi connectivity index (χ0n) is 10.8. The van der Waals surface area contributed by atoms with E-state index in [1.54, 1.807) is 0 Å². The Morgan fingerprint density at radius 3 is 3.00 bits per heavy atom. The van der Waals surface area contributed by atoms with E-state index in [0.717, 1.165) is 30.7 Å². The number of hydrogen-bond donors (Lipinski definition) is 1. The molecule has 1 saturated carbocycles. The van der Waals surface area contributed by atoms with Gasteiger partial charge < -0.3 is 10.3 Å². The van der Waals surface area contributed by atoms with Crippen LogP contribution in [0.2, 0.25) is 0 Å². The van der Waals surface area contributed by atoms with Gasteiger partial charge in [0.15, 0.2) is 0 Å². The number of imidazole rings is 1. The molecule has 2 aromatic rings. The number of aryl methyl sites for hydroxylation is 1. The van der Waals surface area contributed by atoms with Gasteiger partial charge in [0, 0.05) is 24.7 Å². The van der Waals surface area contributed by atoms with Crippen LogP contribution in [0.3, 0.4) is 0 Å².